The van der Waals surface area contributed by atoms with Crippen molar-refractivity contribution in [1.82, 2.24) is 0 Å². The SMILES string of the molecule is C#CC(C)=CC=CC(=O)C=CC=C(C)C#C. The Hall–Kier alpha value is -2.25. The van der Waals surface area contributed by atoms with Crippen molar-refractivity contribution in [3.05, 3.63) is 47.6 Å². The predicted molar refractivity (Wildman–Crippen MR) is 68.5 cm³/mol. The van der Waals surface area contributed by atoms with Gasteiger partial charge in [-0.1, -0.05) is 36.1 Å². The second-order valence-electron chi connectivity index (χ2n) is 3.11. The van der Waals surface area contributed by atoms with E-state index in [1.807, 2.05) is 0 Å². The molecule has 0 aromatic rings. The quantitative estimate of drug-likeness (QED) is 0.396. The zero-order chi connectivity index (χ0) is 12.4. The molecule has 0 bridgehead atoms. The molecule has 0 aliphatic heterocycles. The Bertz CT molecular complexity index is 401. The summed E-state index contributed by atoms with van der Waals surface area (Å²) < 4.78 is 0. The predicted octanol–water partition coefficient (Wildman–Crippen LogP) is 2.83. The Kier molecular flexibility index (Phi) is 6.95. The van der Waals surface area contributed by atoms with Crippen molar-refractivity contribution in [2.75, 3.05) is 0 Å². The molecule has 0 rings (SSSR count). The number of allylic oxidation sites excluding steroid dienone is 8. The minimum atomic E-state index is -0.109. The fourth-order valence-corrected chi connectivity index (χ4v) is 0.726. The molecule has 0 fully saturated rings. The van der Waals surface area contributed by atoms with E-state index in [4.69, 9.17) is 12.8 Å². The summed E-state index contributed by atoms with van der Waals surface area (Å²) in [5.74, 6) is 4.80. The number of hydrogen-bond acceptors (Lipinski definition) is 1. The number of ketones is 1. The van der Waals surface area contributed by atoms with Crippen LogP contribution in [0.2, 0.25) is 0 Å². The molecule has 0 aromatic carbocycles. The van der Waals surface area contributed by atoms with Crippen LogP contribution in [0.1, 0.15) is 13.8 Å². The first-order valence-corrected chi connectivity index (χ1v) is 4.77. The maximum absolute atomic E-state index is 11.2. The first-order valence-electron chi connectivity index (χ1n) is 4.77. The molecule has 0 aromatic heterocycles. The zero-order valence-corrected chi connectivity index (χ0v) is 9.53. The molecule has 1 heteroatoms. The fourth-order valence-electron chi connectivity index (χ4n) is 0.726. The largest absolute Gasteiger partial charge is 0.290 e. The lowest BCUT2D eigenvalue weighted by Crippen LogP contribution is -1.83. The van der Waals surface area contributed by atoms with Crippen molar-refractivity contribution in [1.29, 1.82) is 0 Å². The molecule has 80 valence electrons. The van der Waals surface area contributed by atoms with E-state index in [-0.39, 0.29) is 5.78 Å². The Morgan fingerprint density at radius 2 is 1.31 bits per heavy atom. The average Bonchev–Trinajstić information content (AvgIpc) is 2.28. The Morgan fingerprint density at radius 1 is 0.938 bits per heavy atom. The van der Waals surface area contributed by atoms with Gasteiger partial charge in [-0.2, -0.15) is 0 Å². The molecule has 0 saturated heterocycles. The molecule has 0 heterocycles. The standard InChI is InChI=1S/C15H14O/c1-5-13(3)9-7-11-15(16)12-8-10-14(4)6-2/h1-2,7-12H,3-4H3. The highest BCUT2D eigenvalue weighted by Crippen LogP contribution is 1.92. The van der Waals surface area contributed by atoms with E-state index in [0.717, 1.165) is 11.1 Å². The molecule has 0 unspecified atom stereocenters. The van der Waals surface area contributed by atoms with Crippen LogP contribution in [0.4, 0.5) is 0 Å². The second kappa shape index (κ2) is 8.09. The highest BCUT2D eigenvalue weighted by atomic mass is 16.1. The smallest absolute Gasteiger partial charge is 0.178 e. The minimum Gasteiger partial charge on any atom is -0.290 e. The van der Waals surface area contributed by atoms with Gasteiger partial charge in [0.05, 0.1) is 0 Å². The van der Waals surface area contributed by atoms with Crippen LogP contribution in [0.15, 0.2) is 47.6 Å². The van der Waals surface area contributed by atoms with Gasteiger partial charge in [0.1, 0.15) is 0 Å². The van der Waals surface area contributed by atoms with Crippen LogP contribution in [0, 0.1) is 24.7 Å². The first kappa shape index (κ1) is 13.8. The van der Waals surface area contributed by atoms with Crippen molar-refractivity contribution < 1.29 is 4.79 Å². The molecule has 0 spiro atoms. The van der Waals surface area contributed by atoms with Gasteiger partial charge in [0.2, 0.25) is 0 Å². The highest BCUT2D eigenvalue weighted by Gasteiger charge is 1.85. The summed E-state index contributed by atoms with van der Waals surface area (Å²) in [6.07, 6.45) is 19.8. The second-order valence-corrected chi connectivity index (χ2v) is 3.11. The third-order valence-corrected chi connectivity index (χ3v) is 1.67. The number of carbonyl (C=O) groups is 1. The van der Waals surface area contributed by atoms with E-state index >= 15 is 0 Å². The van der Waals surface area contributed by atoms with Gasteiger partial charge in [0.15, 0.2) is 5.78 Å². The van der Waals surface area contributed by atoms with Crippen LogP contribution in [-0.4, -0.2) is 5.78 Å². The number of hydrogen-bond donors (Lipinski definition) is 0. The average molecular weight is 210 g/mol. The van der Waals surface area contributed by atoms with Gasteiger partial charge in [-0.25, -0.2) is 0 Å². The van der Waals surface area contributed by atoms with Crippen molar-refractivity contribution in [2.24, 2.45) is 0 Å². The van der Waals surface area contributed by atoms with Crippen molar-refractivity contribution in [2.45, 2.75) is 13.8 Å². The van der Waals surface area contributed by atoms with E-state index in [1.165, 1.54) is 12.2 Å². The van der Waals surface area contributed by atoms with E-state index in [2.05, 4.69) is 11.8 Å². The van der Waals surface area contributed by atoms with Crippen LogP contribution in [-0.2, 0) is 4.79 Å². The van der Waals surface area contributed by atoms with Gasteiger partial charge in [0.25, 0.3) is 0 Å². The van der Waals surface area contributed by atoms with Crippen LogP contribution in [0.3, 0.4) is 0 Å². The molecule has 0 radical (unpaired) electrons. The maximum Gasteiger partial charge on any atom is 0.178 e. The van der Waals surface area contributed by atoms with Gasteiger partial charge in [-0.3, -0.25) is 4.79 Å². The summed E-state index contributed by atoms with van der Waals surface area (Å²) in [7, 11) is 0. The lowest BCUT2D eigenvalue weighted by Gasteiger charge is -1.83. The molecule has 0 N–H and O–H groups in total. The Balaban J connectivity index is 4.33. The summed E-state index contributed by atoms with van der Waals surface area (Å²) >= 11 is 0. The van der Waals surface area contributed by atoms with Crippen molar-refractivity contribution in [3.8, 4) is 24.7 Å². The van der Waals surface area contributed by atoms with E-state index in [0.29, 0.717) is 0 Å². The summed E-state index contributed by atoms with van der Waals surface area (Å²) in [4.78, 5) is 11.2. The van der Waals surface area contributed by atoms with Gasteiger partial charge >= 0.3 is 0 Å². The van der Waals surface area contributed by atoms with Gasteiger partial charge in [-0.05, 0) is 37.1 Å². The topological polar surface area (TPSA) is 17.1 Å². The lowest BCUT2D eigenvalue weighted by molar-refractivity contribution is -0.110. The summed E-state index contributed by atoms with van der Waals surface area (Å²) in [5.41, 5.74) is 1.55. The number of carbonyl (C=O) groups excluding carboxylic acids is 1. The Labute approximate surface area is 97.3 Å². The maximum atomic E-state index is 11.2. The monoisotopic (exact) mass is 210 g/mol. The molecule has 0 atom stereocenters. The lowest BCUT2D eigenvalue weighted by atomic mass is 10.2. The molecule has 0 aliphatic carbocycles. The summed E-state index contributed by atoms with van der Waals surface area (Å²) in [6, 6.07) is 0. The van der Waals surface area contributed by atoms with Gasteiger partial charge in [0, 0.05) is 0 Å². The minimum absolute atomic E-state index is 0.109. The number of terminal acetylenes is 2. The normalized spacial score (nSPS) is 12.8. The van der Waals surface area contributed by atoms with Crippen molar-refractivity contribution >= 4 is 5.78 Å². The van der Waals surface area contributed by atoms with Crippen LogP contribution < -0.4 is 0 Å². The van der Waals surface area contributed by atoms with Crippen LogP contribution in [0.5, 0.6) is 0 Å². The van der Waals surface area contributed by atoms with Crippen molar-refractivity contribution in [3.63, 3.8) is 0 Å². The summed E-state index contributed by atoms with van der Waals surface area (Å²) in [6.45, 7) is 3.59. The number of rotatable bonds is 4. The Morgan fingerprint density at radius 3 is 1.62 bits per heavy atom. The van der Waals surface area contributed by atoms with E-state index < -0.39 is 0 Å². The van der Waals surface area contributed by atoms with Crippen LogP contribution >= 0.6 is 0 Å². The van der Waals surface area contributed by atoms with Crippen LogP contribution in [0.25, 0.3) is 0 Å². The van der Waals surface area contributed by atoms with E-state index in [9.17, 15) is 4.79 Å². The van der Waals surface area contributed by atoms with Gasteiger partial charge < -0.3 is 0 Å². The highest BCUT2D eigenvalue weighted by molar-refractivity contribution is 5.99. The molecule has 1 nitrogen and oxygen atoms in total. The van der Waals surface area contributed by atoms with E-state index in [1.54, 1.807) is 38.2 Å². The molecule has 0 aliphatic rings. The third kappa shape index (κ3) is 7.18. The molecule has 0 amide bonds. The molecule has 0 saturated carbocycles. The summed E-state index contributed by atoms with van der Waals surface area (Å²) in [5, 5.41) is 0. The van der Waals surface area contributed by atoms with Gasteiger partial charge in [-0.15, -0.1) is 12.8 Å². The third-order valence-electron chi connectivity index (χ3n) is 1.67. The first-order chi connectivity index (χ1) is 7.60. The zero-order valence-electron chi connectivity index (χ0n) is 9.53. The molecule has 16 heavy (non-hydrogen) atoms. The molecular weight excluding hydrogens is 196 g/mol. The fraction of sp³-hybridized carbons (Fsp3) is 0.133. The molecular formula is C15H14O.